The number of ether oxygens (including phenoxy) is 5. The summed E-state index contributed by atoms with van der Waals surface area (Å²) >= 11 is 0. The fourth-order valence-corrected chi connectivity index (χ4v) is 2.59. The second-order valence-corrected chi connectivity index (χ2v) is 5.53. The maximum absolute atomic E-state index is 11.3. The summed E-state index contributed by atoms with van der Waals surface area (Å²) in [6, 6.07) is 7.10. The Morgan fingerprint density at radius 2 is 1.79 bits per heavy atom. The summed E-state index contributed by atoms with van der Waals surface area (Å²) in [6.45, 7) is 4.35. The quantitative estimate of drug-likeness (QED) is 0.760. The molecule has 0 amide bonds. The number of hydrogen-bond acceptors (Lipinski definition) is 7. The van der Waals surface area contributed by atoms with Gasteiger partial charge in [-0.1, -0.05) is 6.07 Å². The molecule has 1 aromatic rings. The van der Waals surface area contributed by atoms with E-state index in [1.807, 2.05) is 0 Å². The van der Waals surface area contributed by atoms with Crippen LogP contribution in [0.25, 0.3) is 0 Å². The highest BCUT2D eigenvalue weighted by Gasteiger charge is 2.41. The van der Waals surface area contributed by atoms with Crippen LogP contribution in [0, 0.1) is 0 Å². The molecule has 0 radical (unpaired) electrons. The van der Waals surface area contributed by atoms with Crippen molar-refractivity contribution in [3.8, 4) is 11.5 Å². The molecule has 1 aliphatic heterocycles. The molecule has 7 nitrogen and oxygen atoms in total. The van der Waals surface area contributed by atoms with Crippen molar-refractivity contribution >= 4 is 11.9 Å². The van der Waals surface area contributed by atoms with Crippen LogP contribution in [-0.4, -0.2) is 43.7 Å². The van der Waals surface area contributed by atoms with Gasteiger partial charge in [0.2, 0.25) is 6.29 Å². The normalized spacial score (nSPS) is 26.3. The summed E-state index contributed by atoms with van der Waals surface area (Å²) in [7, 11) is 1.57. The highest BCUT2D eigenvalue weighted by Crippen LogP contribution is 2.28. The molecule has 0 aliphatic carbocycles. The average Bonchev–Trinajstić information content (AvgIpc) is 2.50. The minimum atomic E-state index is -0.670. The average molecular weight is 338 g/mol. The molecule has 2 unspecified atom stereocenters. The largest absolute Gasteiger partial charge is 0.497 e. The van der Waals surface area contributed by atoms with Gasteiger partial charge < -0.3 is 23.7 Å². The summed E-state index contributed by atoms with van der Waals surface area (Å²) in [4.78, 5) is 22.6. The number of esters is 2. The van der Waals surface area contributed by atoms with Crippen LogP contribution in [0.2, 0.25) is 0 Å². The van der Waals surface area contributed by atoms with E-state index in [4.69, 9.17) is 23.7 Å². The molecule has 132 valence electrons. The van der Waals surface area contributed by atoms with Crippen LogP contribution in [0.15, 0.2) is 24.3 Å². The summed E-state index contributed by atoms with van der Waals surface area (Å²) in [5, 5.41) is 0. The molecule has 0 bridgehead atoms. The predicted octanol–water partition coefficient (Wildman–Crippen LogP) is 2.07. The van der Waals surface area contributed by atoms with Crippen LogP contribution in [0.4, 0.5) is 0 Å². The SMILES string of the molecule is COc1cccc(O[C@H]2C[C@@H](OC(C)=O)C(OC(C)=O)C(C)O2)c1. The Kier molecular flexibility index (Phi) is 6.03. The monoisotopic (exact) mass is 338 g/mol. The van der Waals surface area contributed by atoms with Gasteiger partial charge in [-0.05, 0) is 19.1 Å². The first-order chi connectivity index (χ1) is 11.4. The molecule has 0 saturated carbocycles. The molecule has 1 fully saturated rings. The topological polar surface area (TPSA) is 80.3 Å². The maximum atomic E-state index is 11.3. The first-order valence-electron chi connectivity index (χ1n) is 7.69. The number of benzene rings is 1. The van der Waals surface area contributed by atoms with Gasteiger partial charge in [0.1, 0.15) is 17.6 Å². The molecule has 0 spiro atoms. The lowest BCUT2D eigenvalue weighted by Crippen LogP contribution is -2.52. The zero-order valence-corrected chi connectivity index (χ0v) is 14.2. The van der Waals surface area contributed by atoms with Gasteiger partial charge in [0.25, 0.3) is 0 Å². The molecule has 1 aromatic carbocycles. The van der Waals surface area contributed by atoms with E-state index in [2.05, 4.69) is 0 Å². The van der Waals surface area contributed by atoms with Gasteiger partial charge in [0, 0.05) is 19.9 Å². The number of methoxy groups -OCH3 is 1. The van der Waals surface area contributed by atoms with E-state index >= 15 is 0 Å². The molecular formula is C17H22O7. The second-order valence-electron chi connectivity index (χ2n) is 5.53. The molecule has 1 saturated heterocycles. The van der Waals surface area contributed by atoms with Gasteiger partial charge in [-0.25, -0.2) is 0 Å². The van der Waals surface area contributed by atoms with E-state index in [9.17, 15) is 9.59 Å². The molecule has 1 aliphatic rings. The lowest BCUT2D eigenvalue weighted by Gasteiger charge is -2.38. The lowest BCUT2D eigenvalue weighted by molar-refractivity contribution is -0.233. The second kappa shape index (κ2) is 8.01. The van der Waals surface area contributed by atoms with Crippen molar-refractivity contribution in [1.29, 1.82) is 0 Å². The van der Waals surface area contributed by atoms with Gasteiger partial charge in [-0.15, -0.1) is 0 Å². The van der Waals surface area contributed by atoms with Crippen LogP contribution >= 0.6 is 0 Å². The Hall–Kier alpha value is -2.28. The Balaban J connectivity index is 2.09. The molecule has 1 heterocycles. The van der Waals surface area contributed by atoms with Crippen molar-refractivity contribution in [1.82, 2.24) is 0 Å². The van der Waals surface area contributed by atoms with E-state index in [0.29, 0.717) is 11.5 Å². The maximum Gasteiger partial charge on any atom is 0.303 e. The fourth-order valence-electron chi connectivity index (χ4n) is 2.59. The summed E-state index contributed by atoms with van der Waals surface area (Å²) in [5.41, 5.74) is 0. The highest BCUT2D eigenvalue weighted by molar-refractivity contribution is 5.67. The Morgan fingerprint density at radius 1 is 1.12 bits per heavy atom. The van der Waals surface area contributed by atoms with Crippen molar-refractivity contribution in [2.75, 3.05) is 7.11 Å². The van der Waals surface area contributed by atoms with Crippen molar-refractivity contribution in [3.05, 3.63) is 24.3 Å². The van der Waals surface area contributed by atoms with Gasteiger partial charge in [-0.3, -0.25) is 9.59 Å². The van der Waals surface area contributed by atoms with Crippen LogP contribution in [0.1, 0.15) is 27.2 Å². The van der Waals surface area contributed by atoms with E-state index in [-0.39, 0.29) is 6.42 Å². The molecule has 0 aromatic heterocycles. The first kappa shape index (κ1) is 18.1. The molecule has 0 N–H and O–H groups in total. The van der Waals surface area contributed by atoms with E-state index in [0.717, 1.165) is 0 Å². The van der Waals surface area contributed by atoms with Crippen molar-refractivity contribution in [3.63, 3.8) is 0 Å². The van der Waals surface area contributed by atoms with E-state index < -0.39 is 36.5 Å². The van der Waals surface area contributed by atoms with E-state index in [1.165, 1.54) is 13.8 Å². The lowest BCUT2D eigenvalue weighted by atomic mass is 10.0. The van der Waals surface area contributed by atoms with Gasteiger partial charge in [0.15, 0.2) is 6.10 Å². The fraction of sp³-hybridized carbons (Fsp3) is 0.529. The summed E-state index contributed by atoms with van der Waals surface area (Å²) in [6.07, 6.45) is -2.17. The van der Waals surface area contributed by atoms with E-state index in [1.54, 1.807) is 38.3 Å². The number of carbonyl (C=O) groups excluding carboxylic acids is 2. The Bertz CT molecular complexity index is 586. The third-order valence-electron chi connectivity index (χ3n) is 3.55. The van der Waals surface area contributed by atoms with Gasteiger partial charge in [0.05, 0.1) is 19.6 Å². The number of carbonyl (C=O) groups is 2. The smallest absolute Gasteiger partial charge is 0.303 e. The third kappa shape index (κ3) is 4.86. The number of rotatable bonds is 5. The third-order valence-corrected chi connectivity index (χ3v) is 3.55. The minimum Gasteiger partial charge on any atom is -0.497 e. The van der Waals surface area contributed by atoms with Crippen molar-refractivity contribution in [2.24, 2.45) is 0 Å². The zero-order chi connectivity index (χ0) is 17.7. The molecule has 2 rings (SSSR count). The molecular weight excluding hydrogens is 316 g/mol. The van der Waals surface area contributed by atoms with Crippen LogP contribution < -0.4 is 9.47 Å². The van der Waals surface area contributed by atoms with Crippen molar-refractivity contribution in [2.45, 2.75) is 51.8 Å². The highest BCUT2D eigenvalue weighted by atomic mass is 16.7. The Morgan fingerprint density at radius 3 is 2.42 bits per heavy atom. The summed E-state index contributed by atoms with van der Waals surface area (Å²) < 4.78 is 27.2. The molecule has 4 atom stereocenters. The molecule has 7 heteroatoms. The van der Waals surface area contributed by atoms with Crippen LogP contribution in [-0.2, 0) is 23.8 Å². The van der Waals surface area contributed by atoms with Crippen molar-refractivity contribution < 1.29 is 33.3 Å². The predicted molar refractivity (Wildman–Crippen MR) is 83.7 cm³/mol. The minimum absolute atomic E-state index is 0.249. The summed E-state index contributed by atoms with van der Waals surface area (Å²) in [5.74, 6) is 0.316. The standard InChI is InChI=1S/C17H22O7/c1-10-17(23-12(3)19)15(22-11(2)18)9-16(21-10)24-14-7-5-6-13(8-14)20-4/h5-8,10,15-17H,9H2,1-4H3/t10?,15-,16+,17?/m1/s1. The van der Waals surface area contributed by atoms with Crippen LogP contribution in [0.3, 0.4) is 0 Å². The van der Waals surface area contributed by atoms with Gasteiger partial charge >= 0.3 is 11.9 Å². The first-order valence-corrected chi connectivity index (χ1v) is 7.69. The zero-order valence-electron chi connectivity index (χ0n) is 14.2. The van der Waals surface area contributed by atoms with Crippen LogP contribution in [0.5, 0.6) is 11.5 Å². The van der Waals surface area contributed by atoms with Gasteiger partial charge in [-0.2, -0.15) is 0 Å². The molecule has 24 heavy (non-hydrogen) atoms. The Labute approximate surface area is 140 Å². The number of hydrogen-bond donors (Lipinski definition) is 0.